The molecule has 0 saturated carbocycles. The molecule has 1 N–H and O–H groups in total. The van der Waals surface area contributed by atoms with Crippen LogP contribution in [0.4, 0.5) is 4.79 Å². The van der Waals surface area contributed by atoms with Crippen LogP contribution in [0.15, 0.2) is 30.3 Å². The average Bonchev–Trinajstić information content (AvgIpc) is 2.60. The molecular weight excluding hydrogens is 214 g/mol. The molecule has 4 heteroatoms. The molecule has 2 rings (SSSR count). The van der Waals surface area contributed by atoms with Gasteiger partial charge in [0.05, 0.1) is 11.9 Å². The number of cyclic esters (lactones) is 1. The third kappa shape index (κ3) is 2.42. The van der Waals surface area contributed by atoms with Crippen molar-refractivity contribution in [1.29, 1.82) is 0 Å². The molecule has 1 aliphatic rings. The minimum absolute atomic E-state index is 0.0163. The molecule has 0 bridgehead atoms. The lowest BCUT2D eigenvalue weighted by Crippen LogP contribution is -2.34. The van der Waals surface area contributed by atoms with Gasteiger partial charge in [0.1, 0.15) is 6.10 Å². The zero-order chi connectivity index (χ0) is 10.7. The monoisotopic (exact) mass is 225 g/mol. The third-order valence-electron chi connectivity index (χ3n) is 2.46. The van der Waals surface area contributed by atoms with E-state index >= 15 is 0 Å². The molecule has 0 aromatic heterocycles. The van der Waals surface area contributed by atoms with E-state index < -0.39 is 0 Å². The van der Waals surface area contributed by atoms with Crippen molar-refractivity contribution >= 4 is 17.7 Å². The van der Waals surface area contributed by atoms with E-state index in [-0.39, 0.29) is 18.2 Å². The van der Waals surface area contributed by atoms with Crippen molar-refractivity contribution in [2.45, 2.75) is 18.6 Å². The Morgan fingerprint density at radius 1 is 1.33 bits per heavy atom. The number of alkyl carbamates (subject to hydrolysis) is 1. The molecule has 3 nitrogen and oxygen atoms in total. The molecule has 2 atom stereocenters. The Balaban J connectivity index is 2.03. The van der Waals surface area contributed by atoms with E-state index in [9.17, 15) is 4.79 Å². The SMILES string of the molecule is O=C1NC(Cc2ccccc2)C(CCl)O1. The normalized spacial score (nSPS) is 24.7. The number of nitrogens with one attached hydrogen (secondary N) is 1. The fourth-order valence-corrected chi connectivity index (χ4v) is 1.97. The Morgan fingerprint density at radius 2 is 2.07 bits per heavy atom. The van der Waals surface area contributed by atoms with Crippen LogP contribution in [0.3, 0.4) is 0 Å². The number of alkyl halides is 1. The Hall–Kier alpha value is -1.22. The Kier molecular flexibility index (Phi) is 3.11. The van der Waals surface area contributed by atoms with Crippen molar-refractivity contribution in [3.05, 3.63) is 35.9 Å². The highest BCUT2D eigenvalue weighted by molar-refractivity contribution is 6.18. The summed E-state index contributed by atoms with van der Waals surface area (Å²) < 4.78 is 5.01. The number of halogens is 1. The predicted octanol–water partition coefficient (Wildman–Crippen LogP) is 1.94. The second kappa shape index (κ2) is 4.53. The van der Waals surface area contributed by atoms with Gasteiger partial charge >= 0.3 is 6.09 Å². The number of rotatable bonds is 3. The van der Waals surface area contributed by atoms with E-state index in [0.717, 1.165) is 6.42 Å². The maximum Gasteiger partial charge on any atom is 0.407 e. The van der Waals surface area contributed by atoms with Gasteiger partial charge in [0, 0.05) is 0 Å². The zero-order valence-electron chi connectivity index (χ0n) is 8.15. The molecule has 1 saturated heterocycles. The van der Waals surface area contributed by atoms with Crippen LogP contribution in [-0.4, -0.2) is 24.1 Å². The second-order valence-electron chi connectivity index (χ2n) is 3.54. The summed E-state index contributed by atoms with van der Waals surface area (Å²) in [6.07, 6.45) is 0.158. The van der Waals surface area contributed by atoms with Crippen LogP contribution in [0, 0.1) is 0 Å². The van der Waals surface area contributed by atoms with E-state index in [0.29, 0.717) is 5.88 Å². The van der Waals surface area contributed by atoms with Crippen LogP contribution in [0.5, 0.6) is 0 Å². The van der Waals surface area contributed by atoms with Crippen LogP contribution in [0.25, 0.3) is 0 Å². The molecule has 1 fully saturated rings. The van der Waals surface area contributed by atoms with E-state index in [2.05, 4.69) is 5.32 Å². The number of hydrogen-bond donors (Lipinski definition) is 1. The van der Waals surface area contributed by atoms with E-state index in [1.807, 2.05) is 30.3 Å². The molecule has 0 radical (unpaired) electrons. The summed E-state index contributed by atoms with van der Waals surface area (Å²) in [5.41, 5.74) is 1.17. The molecule has 1 aliphatic heterocycles. The first-order valence-electron chi connectivity index (χ1n) is 4.86. The lowest BCUT2D eigenvalue weighted by Gasteiger charge is -2.13. The maximum atomic E-state index is 11.0. The highest BCUT2D eigenvalue weighted by atomic mass is 35.5. The summed E-state index contributed by atoms with van der Waals surface area (Å²) in [6.45, 7) is 0. The molecule has 0 aliphatic carbocycles. The number of carbonyl (C=O) groups is 1. The summed E-state index contributed by atoms with van der Waals surface area (Å²) in [4.78, 5) is 11.0. The summed E-state index contributed by atoms with van der Waals surface area (Å²) in [6, 6.07) is 9.95. The topological polar surface area (TPSA) is 38.3 Å². The van der Waals surface area contributed by atoms with Gasteiger partial charge in [-0.25, -0.2) is 4.79 Å². The number of hydrogen-bond acceptors (Lipinski definition) is 2. The van der Waals surface area contributed by atoms with Crippen molar-refractivity contribution in [3.63, 3.8) is 0 Å². The summed E-state index contributed by atoms with van der Waals surface area (Å²) in [5, 5.41) is 2.76. The second-order valence-corrected chi connectivity index (χ2v) is 3.85. The molecular formula is C11H12ClNO2. The third-order valence-corrected chi connectivity index (χ3v) is 2.77. The molecule has 1 aromatic rings. The van der Waals surface area contributed by atoms with E-state index in [1.54, 1.807) is 0 Å². The standard InChI is InChI=1S/C11H12ClNO2/c12-7-10-9(13-11(14)15-10)6-8-4-2-1-3-5-8/h1-5,9-10H,6-7H2,(H,13,14). The first-order chi connectivity index (χ1) is 7.29. The Labute approximate surface area is 93.4 Å². The van der Waals surface area contributed by atoms with E-state index in [4.69, 9.17) is 16.3 Å². The van der Waals surface area contributed by atoms with Crippen molar-refractivity contribution in [2.24, 2.45) is 0 Å². The number of amides is 1. The Morgan fingerprint density at radius 3 is 2.73 bits per heavy atom. The minimum atomic E-state index is -0.374. The minimum Gasteiger partial charge on any atom is -0.443 e. The largest absolute Gasteiger partial charge is 0.443 e. The van der Waals surface area contributed by atoms with Crippen molar-refractivity contribution < 1.29 is 9.53 Å². The highest BCUT2D eigenvalue weighted by Gasteiger charge is 2.32. The van der Waals surface area contributed by atoms with Gasteiger partial charge in [-0.05, 0) is 12.0 Å². The fraction of sp³-hybridized carbons (Fsp3) is 0.364. The van der Waals surface area contributed by atoms with Crippen molar-refractivity contribution in [1.82, 2.24) is 5.32 Å². The van der Waals surface area contributed by atoms with Crippen LogP contribution in [0.1, 0.15) is 5.56 Å². The molecule has 1 heterocycles. The summed E-state index contributed by atoms with van der Waals surface area (Å²) in [7, 11) is 0. The van der Waals surface area contributed by atoms with Crippen LogP contribution < -0.4 is 5.32 Å². The van der Waals surface area contributed by atoms with Crippen LogP contribution >= 0.6 is 11.6 Å². The molecule has 1 amide bonds. The summed E-state index contributed by atoms with van der Waals surface area (Å²) >= 11 is 5.72. The van der Waals surface area contributed by atoms with Crippen molar-refractivity contribution in [2.75, 3.05) is 5.88 Å². The van der Waals surface area contributed by atoms with Gasteiger partial charge in [0.2, 0.25) is 0 Å². The highest BCUT2D eigenvalue weighted by Crippen LogP contribution is 2.15. The van der Waals surface area contributed by atoms with Crippen LogP contribution in [0.2, 0.25) is 0 Å². The average molecular weight is 226 g/mol. The van der Waals surface area contributed by atoms with E-state index in [1.165, 1.54) is 5.56 Å². The molecule has 1 aromatic carbocycles. The predicted molar refractivity (Wildman–Crippen MR) is 58.1 cm³/mol. The van der Waals surface area contributed by atoms with Crippen molar-refractivity contribution in [3.8, 4) is 0 Å². The zero-order valence-corrected chi connectivity index (χ0v) is 8.91. The Bertz CT molecular complexity index is 342. The molecule has 0 spiro atoms. The molecule has 15 heavy (non-hydrogen) atoms. The smallest absolute Gasteiger partial charge is 0.407 e. The number of carbonyl (C=O) groups excluding carboxylic acids is 1. The van der Waals surface area contributed by atoms with Crippen LogP contribution in [-0.2, 0) is 11.2 Å². The number of ether oxygens (including phenoxy) is 1. The number of benzene rings is 1. The van der Waals surface area contributed by atoms with Gasteiger partial charge in [-0.3, -0.25) is 0 Å². The van der Waals surface area contributed by atoms with Gasteiger partial charge in [0.15, 0.2) is 0 Å². The van der Waals surface area contributed by atoms with Gasteiger partial charge in [-0.2, -0.15) is 0 Å². The maximum absolute atomic E-state index is 11.0. The first kappa shape index (κ1) is 10.3. The lowest BCUT2D eigenvalue weighted by molar-refractivity contribution is 0.142. The fourth-order valence-electron chi connectivity index (χ4n) is 1.69. The molecule has 2 unspecified atom stereocenters. The quantitative estimate of drug-likeness (QED) is 0.799. The van der Waals surface area contributed by atoms with Gasteiger partial charge < -0.3 is 10.1 Å². The van der Waals surface area contributed by atoms with Gasteiger partial charge in [-0.1, -0.05) is 30.3 Å². The first-order valence-corrected chi connectivity index (χ1v) is 5.40. The lowest BCUT2D eigenvalue weighted by atomic mass is 10.0. The van der Waals surface area contributed by atoms with Gasteiger partial charge in [0.25, 0.3) is 0 Å². The summed E-state index contributed by atoms with van der Waals surface area (Å²) in [5.74, 6) is 0.330. The molecule has 80 valence electrons. The van der Waals surface area contributed by atoms with Gasteiger partial charge in [-0.15, -0.1) is 11.6 Å².